The van der Waals surface area contributed by atoms with Gasteiger partial charge in [-0.3, -0.25) is 0 Å². The van der Waals surface area contributed by atoms with Gasteiger partial charge in [0.05, 0.1) is 5.88 Å². The van der Waals surface area contributed by atoms with Gasteiger partial charge in [-0.2, -0.15) is 0 Å². The molecule has 0 atom stereocenters. The van der Waals surface area contributed by atoms with E-state index in [1.807, 2.05) is 18.3 Å². The monoisotopic (exact) mass is 253 g/mol. The number of nitrogens with zero attached hydrogens (tertiary/aromatic N) is 3. The first-order valence-electron chi connectivity index (χ1n) is 6.24. The minimum absolute atomic E-state index is 0.525. The maximum Gasteiger partial charge on any atom is 0.132 e. The van der Waals surface area contributed by atoms with Crippen LogP contribution in [0.3, 0.4) is 0 Å². The summed E-state index contributed by atoms with van der Waals surface area (Å²) in [5.41, 5.74) is 1.11. The van der Waals surface area contributed by atoms with Gasteiger partial charge in [-0.1, -0.05) is 6.07 Å². The van der Waals surface area contributed by atoms with E-state index in [0.717, 1.165) is 24.5 Å². The van der Waals surface area contributed by atoms with Crippen molar-refractivity contribution in [3.63, 3.8) is 0 Å². The molecule has 1 fully saturated rings. The van der Waals surface area contributed by atoms with Crippen molar-refractivity contribution in [3.05, 3.63) is 23.9 Å². The Morgan fingerprint density at radius 1 is 1.41 bits per heavy atom. The van der Waals surface area contributed by atoms with Gasteiger partial charge < -0.3 is 9.80 Å². The fourth-order valence-corrected chi connectivity index (χ4v) is 2.49. The fraction of sp³-hybridized carbons (Fsp3) is 0.615. The molecule has 17 heavy (non-hydrogen) atoms. The molecule has 0 N–H and O–H groups in total. The van der Waals surface area contributed by atoms with Crippen molar-refractivity contribution >= 4 is 17.4 Å². The zero-order valence-corrected chi connectivity index (χ0v) is 11.2. The number of hydrogen-bond acceptors (Lipinski definition) is 3. The normalized spacial score (nSPS) is 16.4. The third-order valence-electron chi connectivity index (χ3n) is 3.32. The summed E-state index contributed by atoms with van der Waals surface area (Å²) in [7, 11) is 2.09. The lowest BCUT2D eigenvalue weighted by atomic mass is 10.2. The summed E-state index contributed by atoms with van der Waals surface area (Å²) in [5.74, 6) is 1.54. The summed E-state index contributed by atoms with van der Waals surface area (Å²) in [4.78, 5) is 9.14. The zero-order chi connectivity index (χ0) is 12.1. The molecule has 0 bridgehead atoms. The third kappa shape index (κ3) is 3.33. The van der Waals surface area contributed by atoms with Crippen molar-refractivity contribution in [2.75, 3.05) is 38.1 Å². The third-order valence-corrected chi connectivity index (χ3v) is 3.61. The van der Waals surface area contributed by atoms with Gasteiger partial charge in [0.15, 0.2) is 0 Å². The number of hydrogen-bond donors (Lipinski definition) is 0. The van der Waals surface area contributed by atoms with Gasteiger partial charge in [0.2, 0.25) is 0 Å². The van der Waals surface area contributed by atoms with Crippen molar-refractivity contribution < 1.29 is 0 Å². The van der Waals surface area contributed by atoms with Crippen LogP contribution in [-0.4, -0.2) is 43.1 Å². The van der Waals surface area contributed by atoms with Gasteiger partial charge in [-0.05, 0) is 32.0 Å². The summed E-state index contributed by atoms with van der Waals surface area (Å²) in [6.45, 7) is 4.63. The molecule has 0 aliphatic carbocycles. The first kappa shape index (κ1) is 12.7. The van der Waals surface area contributed by atoms with Crippen LogP contribution in [0, 0.1) is 0 Å². The number of aromatic nitrogens is 1. The van der Waals surface area contributed by atoms with E-state index in [2.05, 4.69) is 21.8 Å². The topological polar surface area (TPSA) is 19.4 Å². The quantitative estimate of drug-likeness (QED) is 0.751. The predicted octanol–water partition coefficient (Wildman–Crippen LogP) is 2.35. The molecule has 2 rings (SSSR count). The SMILES string of the molecule is CN(CCN1CCCC1)c1ncccc1CCl. The smallest absolute Gasteiger partial charge is 0.132 e. The molecule has 0 radical (unpaired) electrons. The summed E-state index contributed by atoms with van der Waals surface area (Å²) in [6.07, 6.45) is 4.53. The van der Waals surface area contributed by atoms with Crippen molar-refractivity contribution in [2.24, 2.45) is 0 Å². The number of likely N-dealkylation sites (N-methyl/N-ethyl adjacent to an activating group) is 1. The van der Waals surface area contributed by atoms with Crippen molar-refractivity contribution in [3.8, 4) is 0 Å². The highest BCUT2D eigenvalue weighted by molar-refractivity contribution is 6.17. The van der Waals surface area contributed by atoms with Crippen molar-refractivity contribution in [1.82, 2.24) is 9.88 Å². The lowest BCUT2D eigenvalue weighted by Gasteiger charge is -2.23. The molecule has 3 nitrogen and oxygen atoms in total. The molecule has 1 aliphatic heterocycles. The Bertz CT molecular complexity index is 350. The minimum atomic E-state index is 0.525. The van der Waals surface area contributed by atoms with Crippen LogP contribution in [0.4, 0.5) is 5.82 Å². The van der Waals surface area contributed by atoms with E-state index < -0.39 is 0 Å². The standard InChI is InChI=1S/C13H20ClN3/c1-16(9-10-17-7-2-3-8-17)13-12(11-14)5-4-6-15-13/h4-6H,2-3,7-11H2,1H3. The molecule has 94 valence electrons. The Labute approximate surface area is 108 Å². The molecule has 0 amide bonds. The molecule has 0 saturated carbocycles. The second-order valence-electron chi connectivity index (χ2n) is 4.59. The van der Waals surface area contributed by atoms with E-state index in [1.165, 1.54) is 25.9 Å². The van der Waals surface area contributed by atoms with Gasteiger partial charge in [0.25, 0.3) is 0 Å². The Balaban J connectivity index is 1.91. The molecule has 4 heteroatoms. The van der Waals surface area contributed by atoms with Crippen LogP contribution in [0.15, 0.2) is 18.3 Å². The van der Waals surface area contributed by atoms with Crippen LogP contribution in [0.5, 0.6) is 0 Å². The van der Waals surface area contributed by atoms with Crippen LogP contribution in [0.25, 0.3) is 0 Å². The minimum Gasteiger partial charge on any atom is -0.358 e. The number of anilines is 1. The van der Waals surface area contributed by atoms with E-state index in [1.54, 1.807) is 0 Å². The van der Waals surface area contributed by atoms with Crippen LogP contribution in [0.1, 0.15) is 18.4 Å². The van der Waals surface area contributed by atoms with E-state index in [-0.39, 0.29) is 0 Å². The lowest BCUT2D eigenvalue weighted by molar-refractivity contribution is 0.346. The second-order valence-corrected chi connectivity index (χ2v) is 4.86. The summed E-state index contributed by atoms with van der Waals surface area (Å²) < 4.78 is 0. The van der Waals surface area contributed by atoms with Crippen LogP contribution < -0.4 is 4.90 Å². The molecule has 0 aromatic carbocycles. The van der Waals surface area contributed by atoms with Gasteiger partial charge in [0, 0.05) is 31.9 Å². The fourth-order valence-electron chi connectivity index (χ4n) is 2.28. The van der Waals surface area contributed by atoms with Crippen LogP contribution in [0.2, 0.25) is 0 Å². The average molecular weight is 254 g/mol. The van der Waals surface area contributed by atoms with E-state index >= 15 is 0 Å². The largest absolute Gasteiger partial charge is 0.358 e. The molecular weight excluding hydrogens is 234 g/mol. The maximum absolute atomic E-state index is 5.93. The zero-order valence-electron chi connectivity index (χ0n) is 10.4. The molecule has 1 saturated heterocycles. The molecule has 0 spiro atoms. The maximum atomic E-state index is 5.93. The molecule has 1 aromatic heterocycles. The molecular formula is C13H20ClN3. The number of pyridine rings is 1. The summed E-state index contributed by atoms with van der Waals surface area (Å²) >= 11 is 5.93. The van der Waals surface area contributed by atoms with Gasteiger partial charge >= 0.3 is 0 Å². The first-order valence-corrected chi connectivity index (χ1v) is 6.78. The molecule has 2 heterocycles. The Morgan fingerprint density at radius 3 is 2.88 bits per heavy atom. The molecule has 1 aliphatic rings. The Morgan fingerprint density at radius 2 is 2.18 bits per heavy atom. The van der Waals surface area contributed by atoms with Crippen molar-refractivity contribution in [1.29, 1.82) is 0 Å². The summed E-state index contributed by atoms with van der Waals surface area (Å²) in [5, 5.41) is 0. The number of rotatable bonds is 5. The van der Waals surface area contributed by atoms with E-state index in [4.69, 9.17) is 11.6 Å². The highest BCUT2D eigenvalue weighted by Crippen LogP contribution is 2.17. The second kappa shape index (κ2) is 6.22. The van der Waals surface area contributed by atoms with Gasteiger partial charge in [0.1, 0.15) is 5.82 Å². The van der Waals surface area contributed by atoms with Crippen LogP contribution >= 0.6 is 11.6 Å². The van der Waals surface area contributed by atoms with Crippen molar-refractivity contribution in [2.45, 2.75) is 18.7 Å². The first-order chi connectivity index (χ1) is 8.31. The lowest BCUT2D eigenvalue weighted by Crippen LogP contribution is -2.32. The Kier molecular flexibility index (Phi) is 4.63. The number of likely N-dealkylation sites (tertiary alicyclic amines) is 1. The molecule has 1 aromatic rings. The summed E-state index contributed by atoms with van der Waals surface area (Å²) in [6, 6.07) is 3.98. The van der Waals surface area contributed by atoms with Gasteiger partial charge in [-0.15, -0.1) is 11.6 Å². The molecule has 0 unspecified atom stereocenters. The number of halogens is 1. The number of alkyl halides is 1. The Hall–Kier alpha value is -0.800. The predicted molar refractivity (Wildman–Crippen MR) is 72.7 cm³/mol. The van der Waals surface area contributed by atoms with Crippen LogP contribution in [-0.2, 0) is 5.88 Å². The van der Waals surface area contributed by atoms with E-state index in [9.17, 15) is 0 Å². The van der Waals surface area contributed by atoms with E-state index in [0.29, 0.717) is 5.88 Å². The average Bonchev–Trinajstić information content (AvgIpc) is 2.89. The highest BCUT2D eigenvalue weighted by atomic mass is 35.5. The van der Waals surface area contributed by atoms with Gasteiger partial charge in [-0.25, -0.2) is 4.98 Å². The highest BCUT2D eigenvalue weighted by Gasteiger charge is 2.13.